The first kappa shape index (κ1) is 18.1. The molecule has 0 saturated carbocycles. The highest BCUT2D eigenvalue weighted by Gasteiger charge is 2.35. The number of amides is 2. The van der Waals surface area contributed by atoms with Crippen LogP contribution >= 0.6 is 0 Å². The summed E-state index contributed by atoms with van der Waals surface area (Å²) in [6.45, 7) is 2.66. The van der Waals surface area contributed by atoms with Gasteiger partial charge >= 0.3 is 0 Å². The Morgan fingerprint density at radius 1 is 1.19 bits per heavy atom. The lowest BCUT2D eigenvalue weighted by molar-refractivity contribution is -0.127. The minimum Gasteiger partial charge on any atom is -0.357 e. The van der Waals surface area contributed by atoms with Crippen LogP contribution in [0.5, 0.6) is 0 Å². The fourth-order valence-corrected chi connectivity index (χ4v) is 3.28. The number of nitrogens with one attached hydrogen (secondary N) is 1. The Morgan fingerprint density at radius 2 is 1.96 bits per heavy atom. The number of rotatable bonds is 5. The van der Waals surface area contributed by atoms with Gasteiger partial charge in [0.15, 0.2) is 0 Å². The van der Waals surface area contributed by atoms with Gasteiger partial charge in [-0.25, -0.2) is 0 Å². The quantitative estimate of drug-likeness (QED) is 0.850. The van der Waals surface area contributed by atoms with Crippen LogP contribution in [0.1, 0.15) is 16.1 Å². The lowest BCUT2D eigenvalue weighted by Gasteiger charge is -2.40. The molecule has 7 heteroatoms. The molecule has 7 nitrogen and oxygen atoms in total. The molecule has 0 spiro atoms. The van der Waals surface area contributed by atoms with Crippen LogP contribution in [0.2, 0.25) is 0 Å². The highest BCUT2D eigenvalue weighted by atomic mass is 16.2. The molecule has 1 fully saturated rings. The summed E-state index contributed by atoms with van der Waals surface area (Å²) in [5.74, 6) is -0.333. The number of likely N-dealkylation sites (N-methyl/N-ethyl adjacent to an activating group) is 1. The van der Waals surface area contributed by atoms with Gasteiger partial charge in [0.1, 0.15) is 11.7 Å². The highest BCUT2D eigenvalue weighted by Crippen LogP contribution is 2.15. The van der Waals surface area contributed by atoms with Crippen LogP contribution in [0.4, 0.5) is 0 Å². The average Bonchev–Trinajstić information content (AvgIpc) is 3.12. The standard InChI is InChI=1S/C19H25N5O2/c1-20-18(25)17-14-23(11-8-15-6-4-3-5-7-15)12-13-24(17)19(26)16-9-10-22(2)21-16/h3-7,9-10,17H,8,11-14H2,1-2H3,(H,20,25). The summed E-state index contributed by atoms with van der Waals surface area (Å²) < 4.78 is 1.60. The molecule has 1 aliphatic rings. The molecular formula is C19H25N5O2. The number of aromatic nitrogens is 2. The van der Waals surface area contributed by atoms with Gasteiger partial charge in [-0.1, -0.05) is 30.3 Å². The molecule has 1 atom stereocenters. The third kappa shape index (κ3) is 4.11. The van der Waals surface area contributed by atoms with Crippen molar-refractivity contribution in [3.8, 4) is 0 Å². The van der Waals surface area contributed by atoms with Crippen molar-refractivity contribution in [2.45, 2.75) is 12.5 Å². The molecule has 1 saturated heterocycles. The van der Waals surface area contributed by atoms with E-state index in [1.165, 1.54) is 5.56 Å². The number of carbonyl (C=O) groups is 2. The number of hydrogen-bond acceptors (Lipinski definition) is 4. The number of carbonyl (C=O) groups excluding carboxylic acids is 2. The monoisotopic (exact) mass is 355 g/mol. The number of piperazine rings is 1. The topological polar surface area (TPSA) is 70.5 Å². The second kappa shape index (κ2) is 8.14. The summed E-state index contributed by atoms with van der Waals surface area (Å²) in [5.41, 5.74) is 1.65. The van der Waals surface area contributed by atoms with E-state index in [4.69, 9.17) is 0 Å². The van der Waals surface area contributed by atoms with Crippen molar-refractivity contribution in [1.82, 2.24) is 24.9 Å². The van der Waals surface area contributed by atoms with Crippen LogP contribution in [-0.4, -0.2) is 70.7 Å². The number of aryl methyl sites for hydroxylation is 1. The van der Waals surface area contributed by atoms with E-state index in [2.05, 4.69) is 27.4 Å². The van der Waals surface area contributed by atoms with Crippen molar-refractivity contribution in [1.29, 1.82) is 0 Å². The largest absolute Gasteiger partial charge is 0.357 e. The van der Waals surface area contributed by atoms with Gasteiger partial charge in [-0.2, -0.15) is 5.10 Å². The third-order valence-corrected chi connectivity index (χ3v) is 4.77. The second-order valence-electron chi connectivity index (χ2n) is 6.54. The van der Waals surface area contributed by atoms with Crippen molar-refractivity contribution in [3.63, 3.8) is 0 Å². The summed E-state index contributed by atoms with van der Waals surface area (Å²) in [4.78, 5) is 29.0. The molecule has 0 radical (unpaired) electrons. The summed E-state index contributed by atoms with van der Waals surface area (Å²) in [6.07, 6.45) is 2.66. The maximum absolute atomic E-state index is 12.8. The molecule has 1 aromatic carbocycles. The first-order valence-corrected chi connectivity index (χ1v) is 8.87. The zero-order chi connectivity index (χ0) is 18.5. The molecule has 3 rings (SSSR count). The lowest BCUT2D eigenvalue weighted by atomic mass is 10.1. The minimum absolute atomic E-state index is 0.140. The first-order valence-electron chi connectivity index (χ1n) is 8.87. The van der Waals surface area contributed by atoms with E-state index in [1.54, 1.807) is 35.9 Å². The molecule has 0 bridgehead atoms. The van der Waals surface area contributed by atoms with Gasteiger partial charge < -0.3 is 10.2 Å². The van der Waals surface area contributed by atoms with E-state index in [1.807, 2.05) is 18.2 Å². The van der Waals surface area contributed by atoms with E-state index in [9.17, 15) is 9.59 Å². The summed E-state index contributed by atoms with van der Waals surface area (Å²) in [6, 6.07) is 11.5. The summed E-state index contributed by atoms with van der Waals surface area (Å²) in [7, 11) is 3.38. The minimum atomic E-state index is -0.501. The van der Waals surface area contributed by atoms with Gasteiger partial charge in [0.05, 0.1) is 0 Å². The van der Waals surface area contributed by atoms with E-state index >= 15 is 0 Å². The number of nitrogens with zero attached hydrogens (tertiary/aromatic N) is 4. The lowest BCUT2D eigenvalue weighted by Crippen LogP contribution is -2.60. The van der Waals surface area contributed by atoms with Crippen LogP contribution in [-0.2, 0) is 18.3 Å². The Hall–Kier alpha value is -2.67. The van der Waals surface area contributed by atoms with Gasteiger partial charge in [0, 0.05) is 46.5 Å². The van der Waals surface area contributed by atoms with Crippen LogP contribution in [0.25, 0.3) is 0 Å². The maximum atomic E-state index is 12.8. The van der Waals surface area contributed by atoms with Gasteiger partial charge in [0.25, 0.3) is 5.91 Å². The fourth-order valence-electron chi connectivity index (χ4n) is 3.28. The zero-order valence-corrected chi connectivity index (χ0v) is 15.3. The van der Waals surface area contributed by atoms with Crippen LogP contribution < -0.4 is 5.32 Å². The van der Waals surface area contributed by atoms with Gasteiger partial charge in [-0.05, 0) is 18.1 Å². The van der Waals surface area contributed by atoms with Crippen LogP contribution in [0.3, 0.4) is 0 Å². The van der Waals surface area contributed by atoms with Crippen molar-refractivity contribution in [3.05, 3.63) is 53.9 Å². The van der Waals surface area contributed by atoms with E-state index in [-0.39, 0.29) is 11.8 Å². The Labute approximate surface area is 153 Å². The van der Waals surface area contributed by atoms with E-state index in [0.717, 1.165) is 19.5 Å². The normalized spacial score (nSPS) is 17.9. The molecular weight excluding hydrogens is 330 g/mol. The second-order valence-corrected chi connectivity index (χ2v) is 6.54. The van der Waals surface area contributed by atoms with Crippen molar-refractivity contribution in [2.75, 3.05) is 33.2 Å². The van der Waals surface area contributed by atoms with Gasteiger partial charge in [0.2, 0.25) is 5.91 Å². The number of benzene rings is 1. The van der Waals surface area contributed by atoms with E-state index in [0.29, 0.717) is 18.8 Å². The molecule has 2 aromatic rings. The average molecular weight is 355 g/mol. The van der Waals surface area contributed by atoms with Gasteiger partial charge in [-0.15, -0.1) is 0 Å². The molecule has 1 unspecified atom stereocenters. The zero-order valence-electron chi connectivity index (χ0n) is 15.3. The van der Waals surface area contributed by atoms with Crippen molar-refractivity contribution in [2.24, 2.45) is 7.05 Å². The van der Waals surface area contributed by atoms with Crippen molar-refractivity contribution >= 4 is 11.8 Å². The highest BCUT2D eigenvalue weighted by molar-refractivity contribution is 5.96. The Kier molecular flexibility index (Phi) is 5.68. The Bertz CT molecular complexity index is 758. The smallest absolute Gasteiger partial charge is 0.275 e. The summed E-state index contributed by atoms with van der Waals surface area (Å²) in [5, 5.41) is 6.87. The fraction of sp³-hybridized carbons (Fsp3) is 0.421. The molecule has 2 amide bonds. The van der Waals surface area contributed by atoms with Gasteiger partial charge in [-0.3, -0.25) is 19.2 Å². The molecule has 0 aliphatic carbocycles. The molecule has 2 heterocycles. The SMILES string of the molecule is CNC(=O)C1CN(CCc2ccccc2)CCN1C(=O)c1ccn(C)n1. The predicted octanol–water partition coefficient (Wildman–Crippen LogP) is 0.535. The number of hydrogen-bond donors (Lipinski definition) is 1. The first-order chi connectivity index (χ1) is 12.6. The van der Waals surface area contributed by atoms with Crippen LogP contribution in [0.15, 0.2) is 42.6 Å². The Morgan fingerprint density at radius 3 is 2.62 bits per heavy atom. The van der Waals surface area contributed by atoms with Crippen molar-refractivity contribution < 1.29 is 9.59 Å². The molecule has 138 valence electrons. The molecule has 1 N–H and O–H groups in total. The third-order valence-electron chi connectivity index (χ3n) is 4.77. The molecule has 26 heavy (non-hydrogen) atoms. The Balaban J connectivity index is 1.67. The van der Waals surface area contributed by atoms with E-state index < -0.39 is 6.04 Å². The predicted molar refractivity (Wildman–Crippen MR) is 98.7 cm³/mol. The molecule has 1 aromatic heterocycles. The molecule has 1 aliphatic heterocycles. The maximum Gasteiger partial charge on any atom is 0.275 e. The van der Waals surface area contributed by atoms with Crippen LogP contribution in [0, 0.1) is 0 Å². The summed E-state index contributed by atoms with van der Waals surface area (Å²) >= 11 is 0.